The molecule has 0 radical (unpaired) electrons. The van der Waals surface area contributed by atoms with Crippen molar-refractivity contribution in [1.29, 1.82) is 0 Å². The zero-order chi connectivity index (χ0) is 14.8. The average molecular weight is 302 g/mol. The number of rotatable bonds is 5. The third-order valence-corrected chi connectivity index (χ3v) is 4.63. The fourth-order valence-electron chi connectivity index (χ4n) is 3.24. The molecule has 0 heterocycles. The molecular formula is C18H20ClNO. The Kier molecular flexibility index (Phi) is 4.18. The maximum Gasteiger partial charge on any atom is 0.123 e. The van der Waals surface area contributed by atoms with Crippen LogP contribution in [-0.2, 0) is 6.42 Å². The van der Waals surface area contributed by atoms with Crippen molar-refractivity contribution in [2.45, 2.75) is 24.8 Å². The highest BCUT2D eigenvalue weighted by Gasteiger charge is 2.29. The summed E-state index contributed by atoms with van der Waals surface area (Å²) in [5.74, 6) is 1.51. The molecule has 2 aromatic carbocycles. The Balaban J connectivity index is 1.82. The van der Waals surface area contributed by atoms with Crippen LogP contribution in [0.5, 0.6) is 5.75 Å². The number of fused-ring (bicyclic) bond motifs is 1. The minimum absolute atomic E-state index is 0.247. The monoisotopic (exact) mass is 301 g/mol. The Morgan fingerprint density at radius 2 is 2.10 bits per heavy atom. The van der Waals surface area contributed by atoms with Crippen LogP contribution >= 0.6 is 11.6 Å². The van der Waals surface area contributed by atoms with E-state index in [4.69, 9.17) is 16.3 Å². The summed E-state index contributed by atoms with van der Waals surface area (Å²) in [6.45, 7) is 0. The van der Waals surface area contributed by atoms with Gasteiger partial charge in [-0.2, -0.15) is 0 Å². The van der Waals surface area contributed by atoms with E-state index in [1.54, 1.807) is 7.11 Å². The fraction of sp³-hybridized carbons (Fsp3) is 0.333. The fourth-order valence-corrected chi connectivity index (χ4v) is 3.42. The lowest BCUT2D eigenvalue weighted by molar-refractivity contribution is 0.389. The second-order valence-corrected chi connectivity index (χ2v) is 6.00. The maximum atomic E-state index is 6.16. The molecule has 1 aliphatic carbocycles. The number of benzene rings is 2. The van der Waals surface area contributed by atoms with Crippen LogP contribution < -0.4 is 10.1 Å². The van der Waals surface area contributed by atoms with Gasteiger partial charge in [-0.05, 0) is 55.1 Å². The zero-order valence-corrected chi connectivity index (χ0v) is 13.2. The molecule has 3 heteroatoms. The van der Waals surface area contributed by atoms with Gasteiger partial charge in [0.05, 0.1) is 7.11 Å². The van der Waals surface area contributed by atoms with Gasteiger partial charge in [-0.15, -0.1) is 0 Å². The van der Waals surface area contributed by atoms with E-state index in [0.717, 1.165) is 29.2 Å². The van der Waals surface area contributed by atoms with E-state index < -0.39 is 0 Å². The number of ether oxygens (including phenoxy) is 1. The Labute approximate surface area is 131 Å². The van der Waals surface area contributed by atoms with Gasteiger partial charge in [0.2, 0.25) is 0 Å². The van der Waals surface area contributed by atoms with Crippen molar-refractivity contribution in [3.05, 3.63) is 64.2 Å². The molecule has 0 spiro atoms. The van der Waals surface area contributed by atoms with Gasteiger partial charge in [0, 0.05) is 16.6 Å². The van der Waals surface area contributed by atoms with Crippen molar-refractivity contribution in [2.24, 2.45) is 0 Å². The van der Waals surface area contributed by atoms with Crippen LogP contribution in [0.15, 0.2) is 42.5 Å². The van der Waals surface area contributed by atoms with E-state index in [1.807, 2.05) is 25.2 Å². The lowest BCUT2D eigenvalue weighted by Crippen LogP contribution is -2.25. The van der Waals surface area contributed by atoms with Crippen molar-refractivity contribution in [1.82, 2.24) is 5.32 Å². The standard InChI is InChI=1S/C18H20ClNO/c1-20-17(16-11-14(19)7-8-18(16)21-2)10-13-9-12-5-3-4-6-15(12)13/h3-8,11,13,17,20H,9-10H2,1-2H3. The minimum atomic E-state index is 0.247. The summed E-state index contributed by atoms with van der Waals surface area (Å²) in [5, 5.41) is 4.16. The van der Waals surface area contributed by atoms with Gasteiger partial charge in [0.1, 0.15) is 5.75 Å². The first-order valence-electron chi connectivity index (χ1n) is 7.31. The number of nitrogens with one attached hydrogen (secondary N) is 1. The quantitative estimate of drug-likeness (QED) is 0.887. The first-order chi connectivity index (χ1) is 10.2. The first-order valence-corrected chi connectivity index (χ1v) is 7.69. The minimum Gasteiger partial charge on any atom is -0.496 e. The van der Waals surface area contributed by atoms with E-state index in [0.29, 0.717) is 5.92 Å². The molecule has 0 saturated heterocycles. The van der Waals surface area contributed by atoms with E-state index in [-0.39, 0.29) is 6.04 Å². The molecule has 1 N–H and O–H groups in total. The predicted octanol–water partition coefficient (Wildman–Crippen LogP) is 4.34. The van der Waals surface area contributed by atoms with Crippen molar-refractivity contribution < 1.29 is 4.74 Å². The smallest absolute Gasteiger partial charge is 0.123 e. The Hall–Kier alpha value is -1.51. The Morgan fingerprint density at radius 3 is 2.81 bits per heavy atom. The summed E-state index contributed by atoms with van der Waals surface area (Å²) in [6, 6.07) is 14.8. The van der Waals surface area contributed by atoms with Gasteiger partial charge in [-0.25, -0.2) is 0 Å². The SMILES string of the molecule is CNC(CC1Cc2ccccc21)c1cc(Cl)ccc1OC. The third kappa shape index (κ3) is 2.78. The topological polar surface area (TPSA) is 21.3 Å². The molecule has 2 nitrogen and oxygen atoms in total. The second-order valence-electron chi connectivity index (χ2n) is 5.56. The molecule has 21 heavy (non-hydrogen) atoms. The van der Waals surface area contributed by atoms with Crippen LogP contribution in [0.1, 0.15) is 35.1 Å². The summed E-state index contributed by atoms with van der Waals surface area (Å²) < 4.78 is 5.49. The summed E-state index contributed by atoms with van der Waals surface area (Å²) >= 11 is 6.16. The second kappa shape index (κ2) is 6.08. The highest BCUT2D eigenvalue weighted by molar-refractivity contribution is 6.30. The summed E-state index contributed by atoms with van der Waals surface area (Å²) in [6.07, 6.45) is 2.22. The highest BCUT2D eigenvalue weighted by Crippen LogP contribution is 2.42. The summed E-state index contributed by atoms with van der Waals surface area (Å²) in [5.41, 5.74) is 4.10. The molecule has 3 rings (SSSR count). The highest BCUT2D eigenvalue weighted by atomic mass is 35.5. The van der Waals surface area contributed by atoms with E-state index in [9.17, 15) is 0 Å². The normalized spacial score (nSPS) is 17.8. The first kappa shape index (κ1) is 14.4. The number of hydrogen-bond donors (Lipinski definition) is 1. The van der Waals surface area contributed by atoms with Crippen molar-refractivity contribution >= 4 is 11.6 Å². The summed E-state index contributed by atoms with van der Waals surface area (Å²) in [4.78, 5) is 0. The molecular weight excluding hydrogens is 282 g/mol. The van der Waals surface area contributed by atoms with Crippen LogP contribution in [0.25, 0.3) is 0 Å². The molecule has 0 aromatic heterocycles. The van der Waals surface area contributed by atoms with Crippen molar-refractivity contribution in [3.8, 4) is 5.75 Å². The van der Waals surface area contributed by atoms with Gasteiger partial charge in [-0.1, -0.05) is 35.9 Å². The molecule has 0 bridgehead atoms. The molecule has 0 fully saturated rings. The van der Waals surface area contributed by atoms with Gasteiger partial charge >= 0.3 is 0 Å². The molecule has 2 unspecified atom stereocenters. The molecule has 110 valence electrons. The van der Waals surface area contributed by atoms with Crippen molar-refractivity contribution in [3.63, 3.8) is 0 Å². The lowest BCUT2D eigenvalue weighted by atomic mass is 9.73. The third-order valence-electron chi connectivity index (χ3n) is 4.40. The van der Waals surface area contributed by atoms with E-state index >= 15 is 0 Å². The Bertz CT molecular complexity index is 641. The van der Waals surface area contributed by atoms with E-state index in [2.05, 4.69) is 29.6 Å². The molecule has 2 aromatic rings. The van der Waals surface area contributed by atoms with Crippen LogP contribution in [-0.4, -0.2) is 14.2 Å². The van der Waals surface area contributed by atoms with Gasteiger partial charge < -0.3 is 10.1 Å². The van der Waals surface area contributed by atoms with Crippen LogP contribution in [0.4, 0.5) is 0 Å². The molecule has 1 aliphatic rings. The average Bonchev–Trinajstić information content (AvgIpc) is 2.48. The number of halogens is 1. The number of methoxy groups -OCH3 is 1. The van der Waals surface area contributed by atoms with E-state index in [1.165, 1.54) is 11.1 Å². The van der Waals surface area contributed by atoms with Gasteiger partial charge in [0.15, 0.2) is 0 Å². The largest absolute Gasteiger partial charge is 0.496 e. The number of hydrogen-bond acceptors (Lipinski definition) is 2. The van der Waals surface area contributed by atoms with Crippen LogP contribution in [0, 0.1) is 0 Å². The lowest BCUT2D eigenvalue weighted by Gasteiger charge is -2.33. The van der Waals surface area contributed by atoms with Crippen LogP contribution in [0.3, 0.4) is 0 Å². The van der Waals surface area contributed by atoms with Gasteiger partial charge in [-0.3, -0.25) is 0 Å². The zero-order valence-electron chi connectivity index (χ0n) is 12.4. The maximum absolute atomic E-state index is 6.16. The molecule has 0 saturated carbocycles. The molecule has 2 atom stereocenters. The molecule has 0 amide bonds. The molecule has 0 aliphatic heterocycles. The Morgan fingerprint density at radius 1 is 1.29 bits per heavy atom. The van der Waals surface area contributed by atoms with Gasteiger partial charge in [0.25, 0.3) is 0 Å². The summed E-state index contributed by atoms with van der Waals surface area (Å²) in [7, 11) is 3.70. The van der Waals surface area contributed by atoms with Crippen molar-refractivity contribution in [2.75, 3.05) is 14.2 Å². The van der Waals surface area contributed by atoms with Crippen LogP contribution in [0.2, 0.25) is 5.02 Å². The predicted molar refractivity (Wildman–Crippen MR) is 87.3 cm³/mol.